The van der Waals surface area contributed by atoms with Crippen LogP contribution >= 0.6 is 15.9 Å². The summed E-state index contributed by atoms with van der Waals surface area (Å²) in [6, 6.07) is 10.1. The van der Waals surface area contributed by atoms with Gasteiger partial charge < -0.3 is 5.73 Å². The topological polar surface area (TPSA) is 32.5 Å². The van der Waals surface area contributed by atoms with Crippen molar-refractivity contribution in [3.63, 3.8) is 0 Å². The summed E-state index contributed by atoms with van der Waals surface area (Å²) >= 11 is 3.50. The number of nitrogens with zero attached hydrogens (tertiary/aromatic N) is 2. The van der Waals surface area contributed by atoms with Crippen molar-refractivity contribution in [3.8, 4) is 0 Å². The van der Waals surface area contributed by atoms with Crippen LogP contribution in [0.4, 0.5) is 0 Å². The Kier molecular flexibility index (Phi) is 4.42. The zero-order valence-corrected chi connectivity index (χ0v) is 14.6. The molecule has 1 aliphatic carbocycles. The van der Waals surface area contributed by atoms with Crippen LogP contribution < -0.4 is 5.73 Å². The quantitative estimate of drug-likeness (QED) is 0.885. The fourth-order valence-corrected chi connectivity index (χ4v) is 4.00. The van der Waals surface area contributed by atoms with E-state index in [0.29, 0.717) is 6.04 Å². The third-order valence-corrected chi connectivity index (χ3v) is 5.79. The van der Waals surface area contributed by atoms with E-state index in [0.717, 1.165) is 30.1 Å². The fraction of sp³-hybridized carbons (Fsp3) is 0.647. The Balaban J connectivity index is 1.71. The largest absolute Gasteiger partial charge is 0.329 e. The Morgan fingerprint density at radius 1 is 1.33 bits per heavy atom. The van der Waals surface area contributed by atoms with Crippen molar-refractivity contribution >= 4 is 15.9 Å². The second-order valence-electron chi connectivity index (χ2n) is 6.87. The predicted octanol–water partition coefficient (Wildman–Crippen LogP) is 2.84. The van der Waals surface area contributed by atoms with E-state index in [1.54, 1.807) is 0 Å². The summed E-state index contributed by atoms with van der Waals surface area (Å²) in [5.74, 6) is 0. The number of benzene rings is 1. The maximum atomic E-state index is 6.22. The first kappa shape index (κ1) is 15.5. The molecule has 4 heteroatoms. The van der Waals surface area contributed by atoms with Gasteiger partial charge in [-0.2, -0.15) is 0 Å². The summed E-state index contributed by atoms with van der Waals surface area (Å²) in [5, 5.41) is 0. The highest BCUT2D eigenvalue weighted by Gasteiger charge is 2.48. The summed E-state index contributed by atoms with van der Waals surface area (Å²) in [6.45, 7) is 5.20. The molecule has 2 atom stereocenters. The van der Waals surface area contributed by atoms with E-state index in [4.69, 9.17) is 5.73 Å². The van der Waals surface area contributed by atoms with E-state index in [1.165, 1.54) is 24.8 Å². The van der Waals surface area contributed by atoms with Crippen LogP contribution in [0.25, 0.3) is 0 Å². The molecule has 3 nitrogen and oxygen atoms in total. The second-order valence-corrected chi connectivity index (χ2v) is 7.78. The van der Waals surface area contributed by atoms with Gasteiger partial charge in [0, 0.05) is 41.7 Å². The lowest BCUT2D eigenvalue weighted by molar-refractivity contribution is 0.120. The molecule has 0 amide bonds. The lowest BCUT2D eigenvalue weighted by atomic mass is 9.94. The van der Waals surface area contributed by atoms with Gasteiger partial charge in [-0.1, -0.05) is 28.1 Å². The Morgan fingerprint density at radius 2 is 2.00 bits per heavy atom. The minimum atomic E-state index is 0.134. The summed E-state index contributed by atoms with van der Waals surface area (Å²) in [5.41, 5.74) is 7.70. The molecule has 2 N–H and O–H groups in total. The normalized spacial score (nSPS) is 30.2. The van der Waals surface area contributed by atoms with Crippen LogP contribution in [0.1, 0.15) is 31.7 Å². The molecule has 1 saturated heterocycles. The van der Waals surface area contributed by atoms with Crippen LogP contribution in [-0.2, 0) is 6.54 Å². The Hall–Kier alpha value is -0.420. The first-order valence-electron chi connectivity index (χ1n) is 7.95. The SMILES string of the molecule is CC1CC(CN)(N(C)Cc2ccc(Br)cc2)CN1C1CC1. The van der Waals surface area contributed by atoms with Crippen LogP contribution in [0.2, 0.25) is 0 Å². The number of rotatable bonds is 5. The van der Waals surface area contributed by atoms with Crippen molar-refractivity contribution in [2.24, 2.45) is 5.73 Å². The summed E-state index contributed by atoms with van der Waals surface area (Å²) in [4.78, 5) is 5.17. The highest BCUT2D eigenvalue weighted by Crippen LogP contribution is 2.39. The van der Waals surface area contributed by atoms with Gasteiger partial charge in [-0.3, -0.25) is 9.80 Å². The Labute approximate surface area is 136 Å². The zero-order valence-electron chi connectivity index (χ0n) is 13.1. The highest BCUT2D eigenvalue weighted by molar-refractivity contribution is 9.10. The Bertz CT molecular complexity index is 485. The van der Waals surface area contributed by atoms with Crippen molar-refractivity contribution in [2.75, 3.05) is 20.1 Å². The molecule has 1 heterocycles. The van der Waals surface area contributed by atoms with Gasteiger partial charge in [-0.15, -0.1) is 0 Å². The molecule has 21 heavy (non-hydrogen) atoms. The standard InChI is InChI=1S/C17H26BrN3/c1-13-9-17(11-19,12-21(13)16-7-8-16)20(2)10-14-3-5-15(18)6-4-14/h3-6,13,16H,7-12,19H2,1-2H3. The molecular weight excluding hydrogens is 326 g/mol. The molecule has 2 aliphatic rings. The van der Waals surface area contributed by atoms with E-state index >= 15 is 0 Å². The number of likely N-dealkylation sites (tertiary alicyclic amines) is 1. The maximum Gasteiger partial charge on any atom is 0.0473 e. The van der Waals surface area contributed by atoms with Crippen molar-refractivity contribution in [1.82, 2.24) is 9.80 Å². The maximum absolute atomic E-state index is 6.22. The Morgan fingerprint density at radius 3 is 2.57 bits per heavy atom. The number of halogens is 1. The van der Waals surface area contributed by atoms with Crippen LogP contribution in [0.5, 0.6) is 0 Å². The molecule has 0 spiro atoms. The van der Waals surface area contributed by atoms with Gasteiger partial charge in [0.1, 0.15) is 0 Å². The molecule has 0 bridgehead atoms. The van der Waals surface area contributed by atoms with Gasteiger partial charge in [-0.25, -0.2) is 0 Å². The van der Waals surface area contributed by atoms with E-state index in [2.05, 4.69) is 64.0 Å². The van der Waals surface area contributed by atoms with Crippen LogP contribution in [-0.4, -0.2) is 47.6 Å². The van der Waals surface area contributed by atoms with Crippen LogP contribution in [0.3, 0.4) is 0 Å². The van der Waals surface area contributed by atoms with Gasteiger partial charge in [0.15, 0.2) is 0 Å². The monoisotopic (exact) mass is 351 g/mol. The molecule has 3 rings (SSSR count). The summed E-state index contributed by atoms with van der Waals surface area (Å²) in [6.07, 6.45) is 3.94. The van der Waals surface area contributed by atoms with Gasteiger partial charge >= 0.3 is 0 Å². The molecule has 1 saturated carbocycles. The molecule has 0 aromatic heterocycles. The molecular formula is C17H26BrN3. The first-order chi connectivity index (χ1) is 10.0. The van der Waals surface area contributed by atoms with Crippen molar-refractivity contribution in [3.05, 3.63) is 34.3 Å². The van der Waals surface area contributed by atoms with E-state index in [1.807, 2.05) is 0 Å². The molecule has 2 unspecified atom stereocenters. The first-order valence-corrected chi connectivity index (χ1v) is 8.75. The average Bonchev–Trinajstić information content (AvgIpc) is 3.25. The van der Waals surface area contributed by atoms with Gasteiger partial charge in [0.2, 0.25) is 0 Å². The van der Waals surface area contributed by atoms with E-state index < -0.39 is 0 Å². The molecule has 2 fully saturated rings. The molecule has 1 aliphatic heterocycles. The van der Waals surface area contributed by atoms with E-state index in [-0.39, 0.29) is 5.54 Å². The fourth-order valence-electron chi connectivity index (χ4n) is 3.73. The summed E-state index contributed by atoms with van der Waals surface area (Å²) in [7, 11) is 2.23. The predicted molar refractivity (Wildman–Crippen MR) is 91.2 cm³/mol. The van der Waals surface area contributed by atoms with Crippen LogP contribution in [0, 0.1) is 0 Å². The van der Waals surface area contributed by atoms with E-state index in [9.17, 15) is 0 Å². The van der Waals surface area contributed by atoms with Crippen LogP contribution in [0.15, 0.2) is 28.7 Å². The lowest BCUT2D eigenvalue weighted by Gasteiger charge is -2.38. The third-order valence-electron chi connectivity index (χ3n) is 5.26. The summed E-state index contributed by atoms with van der Waals surface area (Å²) < 4.78 is 1.14. The third kappa shape index (κ3) is 3.19. The lowest BCUT2D eigenvalue weighted by Crippen LogP contribution is -2.53. The number of hydrogen-bond acceptors (Lipinski definition) is 3. The number of nitrogens with two attached hydrogens (primary N) is 1. The van der Waals surface area contributed by atoms with Gasteiger partial charge in [0.05, 0.1) is 0 Å². The highest BCUT2D eigenvalue weighted by atomic mass is 79.9. The number of hydrogen-bond donors (Lipinski definition) is 1. The zero-order chi connectivity index (χ0) is 15.0. The number of likely N-dealkylation sites (N-methyl/N-ethyl adjacent to an activating group) is 1. The average molecular weight is 352 g/mol. The molecule has 1 aromatic carbocycles. The minimum absolute atomic E-state index is 0.134. The van der Waals surface area contributed by atoms with Crippen molar-refractivity contribution in [1.29, 1.82) is 0 Å². The molecule has 1 aromatic rings. The van der Waals surface area contributed by atoms with Gasteiger partial charge in [-0.05, 0) is 50.9 Å². The smallest absolute Gasteiger partial charge is 0.0473 e. The van der Waals surface area contributed by atoms with Crippen molar-refractivity contribution in [2.45, 2.75) is 50.4 Å². The minimum Gasteiger partial charge on any atom is -0.329 e. The van der Waals surface area contributed by atoms with Gasteiger partial charge in [0.25, 0.3) is 0 Å². The molecule has 116 valence electrons. The van der Waals surface area contributed by atoms with Crippen molar-refractivity contribution < 1.29 is 0 Å². The molecule has 0 radical (unpaired) electrons. The second kappa shape index (κ2) is 5.99.